The van der Waals surface area contributed by atoms with Gasteiger partial charge in [0, 0.05) is 17.2 Å². The first-order valence-corrected chi connectivity index (χ1v) is 12.6. The molecule has 0 spiro atoms. The maximum Gasteiger partial charge on any atom is 0.123 e. The van der Waals surface area contributed by atoms with Crippen molar-refractivity contribution < 1.29 is 10.2 Å². The predicted molar refractivity (Wildman–Crippen MR) is 114 cm³/mol. The van der Waals surface area contributed by atoms with E-state index in [-0.39, 0.29) is 0 Å². The number of hydrogen-bond donors (Lipinski definition) is 2. The highest BCUT2D eigenvalue weighted by atomic mass is 16.3. The van der Waals surface area contributed by atoms with E-state index in [9.17, 15) is 10.2 Å². The summed E-state index contributed by atoms with van der Waals surface area (Å²) in [5, 5.41) is 22.1. The maximum absolute atomic E-state index is 11.1. The molecule has 2 nitrogen and oxygen atoms in total. The smallest absolute Gasteiger partial charge is 0.123 e. The molecule has 8 aliphatic rings. The molecule has 8 saturated carbocycles. The molecule has 0 heterocycles. The van der Waals surface area contributed by atoms with Gasteiger partial charge in [0.05, 0.1) is 0 Å². The van der Waals surface area contributed by atoms with Crippen LogP contribution in [0.25, 0.3) is 0 Å². The van der Waals surface area contributed by atoms with Crippen LogP contribution in [-0.2, 0) is 0 Å². The third-order valence-electron chi connectivity index (χ3n) is 10.8. The van der Waals surface area contributed by atoms with Gasteiger partial charge < -0.3 is 10.2 Å². The molecule has 8 aliphatic carbocycles. The van der Waals surface area contributed by atoms with Crippen LogP contribution in [0.1, 0.15) is 92.7 Å². The van der Waals surface area contributed by atoms with Gasteiger partial charge >= 0.3 is 0 Å². The summed E-state index contributed by atoms with van der Waals surface area (Å²) in [7, 11) is 0. The molecule has 1 aromatic carbocycles. The summed E-state index contributed by atoms with van der Waals surface area (Å²) in [6.07, 6.45) is 14.0. The van der Waals surface area contributed by atoms with Gasteiger partial charge in [0.25, 0.3) is 0 Å². The molecule has 156 valence electrons. The molecule has 0 aliphatic heterocycles. The normalized spacial score (nSPS) is 49.1. The Bertz CT molecular complexity index is 732. The molecule has 2 heteroatoms. The largest absolute Gasteiger partial charge is 0.508 e. The number of benzene rings is 1. The van der Waals surface area contributed by atoms with Crippen molar-refractivity contribution in [3.63, 3.8) is 0 Å². The van der Waals surface area contributed by atoms with Crippen LogP contribution < -0.4 is 0 Å². The van der Waals surface area contributed by atoms with E-state index in [4.69, 9.17) is 0 Å². The minimum Gasteiger partial charge on any atom is -0.508 e. The standard InChI is InChI=1S/C27H36O2/c1-13-24(26-18-4-14-2-15(6-18)7-19(26)5-14)22(28)12-23(29)25(13)27-20-8-16-3-17(10-20)11-21(27)9-16/h12,14-21,26-29H,2-11H2,1H3. The average Bonchev–Trinajstić information content (AvgIpc) is 2.64. The van der Waals surface area contributed by atoms with E-state index in [1.807, 2.05) is 0 Å². The molecular weight excluding hydrogens is 356 g/mol. The number of phenolic OH excluding ortho intramolecular Hbond substituents is 2. The van der Waals surface area contributed by atoms with Crippen molar-refractivity contribution >= 4 is 0 Å². The first kappa shape index (κ1) is 17.5. The third-order valence-corrected chi connectivity index (χ3v) is 10.8. The second kappa shape index (κ2) is 5.95. The van der Waals surface area contributed by atoms with Crippen LogP contribution >= 0.6 is 0 Å². The van der Waals surface area contributed by atoms with Crippen LogP contribution in [0.15, 0.2) is 6.07 Å². The van der Waals surface area contributed by atoms with E-state index in [2.05, 4.69) is 6.92 Å². The van der Waals surface area contributed by atoms with Crippen LogP contribution in [0.5, 0.6) is 11.5 Å². The zero-order valence-corrected chi connectivity index (χ0v) is 17.8. The van der Waals surface area contributed by atoms with Crippen molar-refractivity contribution in [3.05, 3.63) is 22.8 Å². The van der Waals surface area contributed by atoms with Crippen molar-refractivity contribution in [2.24, 2.45) is 47.3 Å². The zero-order valence-electron chi connectivity index (χ0n) is 17.8. The molecular formula is C27H36O2. The minimum absolute atomic E-state index is 0.394. The van der Waals surface area contributed by atoms with Gasteiger partial charge in [-0.05, 0) is 136 Å². The van der Waals surface area contributed by atoms with Gasteiger partial charge in [-0.1, -0.05) is 0 Å². The Balaban J connectivity index is 1.32. The molecule has 0 atom stereocenters. The van der Waals surface area contributed by atoms with Crippen molar-refractivity contribution in [2.75, 3.05) is 0 Å². The van der Waals surface area contributed by atoms with Crippen LogP contribution in [-0.4, -0.2) is 10.2 Å². The van der Waals surface area contributed by atoms with Gasteiger partial charge in [0.1, 0.15) is 11.5 Å². The lowest BCUT2D eigenvalue weighted by molar-refractivity contribution is -0.00633. The van der Waals surface area contributed by atoms with Crippen molar-refractivity contribution in [3.8, 4) is 11.5 Å². The summed E-state index contributed by atoms with van der Waals surface area (Å²) in [6.45, 7) is 2.25. The Morgan fingerprint density at radius 3 is 1.17 bits per heavy atom. The Morgan fingerprint density at radius 1 is 0.552 bits per heavy atom. The van der Waals surface area contributed by atoms with Crippen molar-refractivity contribution in [1.82, 2.24) is 0 Å². The highest BCUT2D eigenvalue weighted by Crippen LogP contribution is 2.64. The molecule has 1 aromatic rings. The predicted octanol–water partition coefficient (Wildman–Crippen LogP) is 6.49. The van der Waals surface area contributed by atoms with Crippen LogP contribution in [0, 0.1) is 54.3 Å². The molecule has 8 bridgehead atoms. The topological polar surface area (TPSA) is 40.5 Å². The van der Waals surface area contributed by atoms with Gasteiger partial charge in [-0.15, -0.1) is 0 Å². The zero-order chi connectivity index (χ0) is 19.4. The molecule has 2 N–H and O–H groups in total. The Labute approximate surface area is 175 Å². The Hall–Kier alpha value is -1.18. The van der Waals surface area contributed by atoms with Crippen LogP contribution in [0.4, 0.5) is 0 Å². The monoisotopic (exact) mass is 392 g/mol. The van der Waals surface area contributed by atoms with Gasteiger partial charge in [0.15, 0.2) is 0 Å². The fourth-order valence-corrected chi connectivity index (χ4v) is 10.4. The summed E-state index contributed by atoms with van der Waals surface area (Å²) in [6, 6.07) is 1.74. The highest BCUT2D eigenvalue weighted by Gasteiger charge is 2.52. The number of phenols is 2. The SMILES string of the molecule is Cc1c(C2C3CC4CC(C3)CC2C4)c(O)cc(O)c1C1C2CC3CC(C2)CC1C3. The summed E-state index contributed by atoms with van der Waals surface area (Å²) in [5.74, 6) is 8.77. The second-order valence-corrected chi connectivity index (χ2v) is 12.3. The van der Waals surface area contributed by atoms with Crippen molar-refractivity contribution in [1.29, 1.82) is 0 Å². The fourth-order valence-electron chi connectivity index (χ4n) is 10.4. The second-order valence-electron chi connectivity index (χ2n) is 12.3. The Kier molecular flexibility index (Phi) is 3.59. The summed E-state index contributed by atoms with van der Waals surface area (Å²) >= 11 is 0. The lowest BCUT2D eigenvalue weighted by Gasteiger charge is -2.56. The average molecular weight is 393 g/mol. The molecule has 0 amide bonds. The molecule has 29 heavy (non-hydrogen) atoms. The molecule has 0 unspecified atom stereocenters. The first-order chi connectivity index (χ1) is 14.0. The molecule has 0 aromatic heterocycles. The third kappa shape index (κ3) is 2.41. The molecule has 0 radical (unpaired) electrons. The summed E-state index contributed by atoms with van der Waals surface area (Å²) in [5.41, 5.74) is 3.78. The van der Waals surface area contributed by atoms with Gasteiger partial charge in [-0.3, -0.25) is 0 Å². The van der Waals surface area contributed by atoms with E-state index < -0.39 is 0 Å². The summed E-state index contributed by atoms with van der Waals surface area (Å²) < 4.78 is 0. The number of hydrogen-bond acceptors (Lipinski definition) is 2. The van der Waals surface area contributed by atoms with E-state index in [0.29, 0.717) is 23.3 Å². The van der Waals surface area contributed by atoms with Crippen LogP contribution in [0.2, 0.25) is 0 Å². The lowest BCUT2D eigenvalue weighted by atomic mass is 9.49. The summed E-state index contributed by atoms with van der Waals surface area (Å²) in [4.78, 5) is 0. The highest BCUT2D eigenvalue weighted by molar-refractivity contribution is 5.55. The van der Waals surface area contributed by atoms with Gasteiger partial charge in [-0.25, -0.2) is 0 Å². The first-order valence-electron chi connectivity index (χ1n) is 12.6. The van der Waals surface area contributed by atoms with Crippen LogP contribution in [0.3, 0.4) is 0 Å². The van der Waals surface area contributed by atoms with E-state index in [1.165, 1.54) is 80.9 Å². The molecule has 0 saturated heterocycles. The van der Waals surface area contributed by atoms with Crippen molar-refractivity contribution in [2.45, 2.75) is 83.0 Å². The van der Waals surface area contributed by atoms with E-state index in [1.54, 1.807) is 6.07 Å². The quantitative estimate of drug-likeness (QED) is 0.604. The number of aromatic hydroxyl groups is 2. The van der Waals surface area contributed by atoms with Gasteiger partial charge in [0.2, 0.25) is 0 Å². The van der Waals surface area contributed by atoms with E-state index in [0.717, 1.165) is 47.3 Å². The lowest BCUT2D eigenvalue weighted by Crippen LogP contribution is -2.45. The molecule has 8 fully saturated rings. The number of rotatable bonds is 2. The molecule has 9 rings (SSSR count). The Morgan fingerprint density at radius 2 is 0.862 bits per heavy atom. The minimum atomic E-state index is 0.394. The van der Waals surface area contributed by atoms with E-state index >= 15 is 0 Å². The van der Waals surface area contributed by atoms with Gasteiger partial charge in [-0.2, -0.15) is 0 Å². The maximum atomic E-state index is 11.1. The fraction of sp³-hybridized carbons (Fsp3) is 0.778.